The van der Waals surface area contributed by atoms with Crippen molar-refractivity contribution in [2.75, 3.05) is 24.5 Å². The van der Waals surface area contributed by atoms with E-state index < -0.39 is 38.3 Å². The third kappa shape index (κ3) is 4.44. The van der Waals surface area contributed by atoms with Gasteiger partial charge in [-0.25, -0.2) is 21.9 Å². The van der Waals surface area contributed by atoms with Crippen LogP contribution in [0, 0.1) is 17.6 Å². The number of benzene rings is 2. The lowest BCUT2D eigenvalue weighted by Gasteiger charge is -2.19. The van der Waals surface area contributed by atoms with Crippen molar-refractivity contribution in [2.45, 2.75) is 17.5 Å². The van der Waals surface area contributed by atoms with Crippen molar-refractivity contribution in [2.24, 2.45) is 5.92 Å². The summed E-state index contributed by atoms with van der Waals surface area (Å²) in [5.41, 5.74) is -0.760. The highest BCUT2D eigenvalue weighted by molar-refractivity contribution is 7.89. The summed E-state index contributed by atoms with van der Waals surface area (Å²) in [7, 11) is -4.35. The van der Waals surface area contributed by atoms with Gasteiger partial charge in [-0.15, -0.1) is 0 Å². The van der Waals surface area contributed by atoms with E-state index in [1.165, 1.54) is 12.1 Å². The zero-order chi connectivity index (χ0) is 20.5. The number of hydrogen-bond donors (Lipinski definition) is 1. The quantitative estimate of drug-likeness (QED) is 0.749. The number of anilines is 1. The van der Waals surface area contributed by atoms with Crippen molar-refractivity contribution in [3.8, 4) is 0 Å². The molecule has 0 aromatic heterocycles. The number of nitrogens with zero attached hydrogens (tertiary/aromatic N) is 1. The van der Waals surface area contributed by atoms with Crippen molar-refractivity contribution >= 4 is 15.7 Å². The fourth-order valence-corrected chi connectivity index (χ4v) is 4.50. The zero-order valence-corrected chi connectivity index (χ0v) is 15.3. The maximum atomic E-state index is 13.4. The molecule has 0 saturated carbocycles. The van der Waals surface area contributed by atoms with Crippen LogP contribution in [0.15, 0.2) is 47.4 Å². The van der Waals surface area contributed by atoms with Gasteiger partial charge in [-0.2, -0.15) is 13.2 Å². The number of sulfonamides is 1. The van der Waals surface area contributed by atoms with Gasteiger partial charge in [-0.1, -0.05) is 12.1 Å². The van der Waals surface area contributed by atoms with Crippen molar-refractivity contribution in [3.63, 3.8) is 0 Å². The first-order valence-electron chi connectivity index (χ1n) is 8.44. The van der Waals surface area contributed by atoms with Crippen LogP contribution in [0.3, 0.4) is 0 Å². The molecule has 1 N–H and O–H groups in total. The summed E-state index contributed by atoms with van der Waals surface area (Å²) in [5.74, 6) is -2.12. The lowest BCUT2D eigenvalue weighted by molar-refractivity contribution is -0.139. The molecule has 0 bridgehead atoms. The van der Waals surface area contributed by atoms with E-state index in [1.807, 2.05) is 0 Å². The minimum atomic E-state index is -4.79. The van der Waals surface area contributed by atoms with E-state index in [-0.39, 0.29) is 12.5 Å². The summed E-state index contributed by atoms with van der Waals surface area (Å²) in [6.45, 7) is 0.805. The Morgan fingerprint density at radius 1 is 1.07 bits per heavy atom. The molecule has 152 valence electrons. The number of hydrogen-bond acceptors (Lipinski definition) is 3. The van der Waals surface area contributed by atoms with Crippen LogP contribution < -0.4 is 9.62 Å². The monoisotopic (exact) mass is 420 g/mol. The average Bonchev–Trinajstić information content (AvgIpc) is 3.11. The molecule has 1 heterocycles. The lowest BCUT2D eigenvalue weighted by Crippen LogP contribution is -2.32. The normalized spacial score (nSPS) is 17.9. The van der Waals surface area contributed by atoms with E-state index in [2.05, 4.69) is 4.72 Å². The molecule has 10 heteroatoms. The van der Waals surface area contributed by atoms with Crippen LogP contribution in [0.5, 0.6) is 0 Å². The Hall–Kier alpha value is -2.20. The van der Waals surface area contributed by atoms with Crippen LogP contribution in [-0.2, 0) is 16.2 Å². The second kappa shape index (κ2) is 7.67. The van der Waals surface area contributed by atoms with E-state index in [9.17, 15) is 30.4 Å². The van der Waals surface area contributed by atoms with Gasteiger partial charge in [-0.3, -0.25) is 0 Å². The average molecular weight is 420 g/mol. The molecule has 1 atom stereocenters. The van der Waals surface area contributed by atoms with Gasteiger partial charge in [0.05, 0.1) is 10.5 Å². The molecule has 2 aromatic rings. The summed E-state index contributed by atoms with van der Waals surface area (Å²) >= 11 is 0. The predicted octanol–water partition coefficient (Wildman–Crippen LogP) is 3.79. The number of rotatable bonds is 5. The molecule has 1 aliphatic heterocycles. The Bertz CT molecular complexity index is 963. The van der Waals surface area contributed by atoms with Gasteiger partial charge < -0.3 is 4.90 Å². The topological polar surface area (TPSA) is 49.4 Å². The first kappa shape index (κ1) is 20.5. The fourth-order valence-electron chi connectivity index (χ4n) is 3.16. The van der Waals surface area contributed by atoms with Crippen molar-refractivity contribution in [1.82, 2.24) is 4.72 Å². The Morgan fingerprint density at radius 3 is 2.46 bits per heavy atom. The van der Waals surface area contributed by atoms with E-state index in [0.29, 0.717) is 25.2 Å². The molecule has 0 aliphatic carbocycles. The third-order valence-corrected chi connectivity index (χ3v) is 6.08. The van der Waals surface area contributed by atoms with Gasteiger partial charge in [0.1, 0.15) is 0 Å². The highest BCUT2D eigenvalue weighted by Crippen LogP contribution is 2.34. The van der Waals surface area contributed by atoms with Crippen LogP contribution in [0.25, 0.3) is 0 Å². The predicted molar refractivity (Wildman–Crippen MR) is 93.3 cm³/mol. The number of nitrogens with one attached hydrogen (secondary N) is 1. The van der Waals surface area contributed by atoms with Crippen LogP contribution >= 0.6 is 0 Å². The van der Waals surface area contributed by atoms with Crippen molar-refractivity contribution < 1.29 is 30.4 Å². The summed E-state index contributed by atoms with van der Waals surface area (Å²) in [4.78, 5) is 0.948. The highest BCUT2D eigenvalue weighted by atomic mass is 32.2. The van der Waals surface area contributed by atoms with Gasteiger partial charge in [0, 0.05) is 31.4 Å². The highest BCUT2D eigenvalue weighted by Gasteiger charge is 2.37. The van der Waals surface area contributed by atoms with Crippen molar-refractivity contribution in [3.05, 3.63) is 59.7 Å². The molecule has 28 heavy (non-hydrogen) atoms. The molecule has 0 radical (unpaired) electrons. The Labute approximate surface area is 159 Å². The number of alkyl halides is 3. The summed E-state index contributed by atoms with van der Waals surface area (Å²) in [6.07, 6.45) is -4.23. The molecule has 1 fully saturated rings. The SMILES string of the molecule is O=S(=O)(NC[C@H]1CCN(c2ccc(F)c(F)c2)C1)c1ccccc1C(F)(F)F. The second-order valence-corrected chi connectivity index (χ2v) is 8.28. The maximum absolute atomic E-state index is 13.4. The first-order valence-corrected chi connectivity index (χ1v) is 9.92. The molecular weight excluding hydrogens is 403 g/mol. The summed E-state index contributed by atoms with van der Waals surface area (Å²) in [5, 5.41) is 0. The second-order valence-electron chi connectivity index (χ2n) is 6.54. The third-order valence-electron chi connectivity index (χ3n) is 4.60. The first-order chi connectivity index (χ1) is 13.1. The minimum Gasteiger partial charge on any atom is -0.371 e. The van der Waals surface area contributed by atoms with E-state index >= 15 is 0 Å². The van der Waals surface area contributed by atoms with Gasteiger partial charge in [0.15, 0.2) is 11.6 Å². The lowest BCUT2D eigenvalue weighted by atomic mass is 10.1. The van der Waals surface area contributed by atoms with Crippen LogP contribution in [0.1, 0.15) is 12.0 Å². The molecule has 3 rings (SSSR count). The standard InChI is InChI=1S/C18H17F5N2O2S/c19-15-6-5-13(9-16(15)20)25-8-7-12(11-25)10-24-28(26,27)17-4-2-1-3-14(17)18(21,22)23/h1-6,9,12,24H,7-8,10-11H2/t12-/m1/s1. The molecular formula is C18H17F5N2O2S. The fraction of sp³-hybridized carbons (Fsp3) is 0.333. The van der Waals surface area contributed by atoms with Crippen LogP contribution in [0.2, 0.25) is 0 Å². The molecule has 1 saturated heterocycles. The van der Waals surface area contributed by atoms with Gasteiger partial charge in [0.2, 0.25) is 10.0 Å². The molecule has 2 aromatic carbocycles. The molecule has 4 nitrogen and oxygen atoms in total. The molecule has 0 unspecified atom stereocenters. The maximum Gasteiger partial charge on any atom is 0.417 e. The zero-order valence-electron chi connectivity index (χ0n) is 14.5. The summed E-state index contributed by atoms with van der Waals surface area (Å²) < 4.78 is 92.6. The van der Waals surface area contributed by atoms with E-state index in [1.54, 1.807) is 4.90 Å². The van der Waals surface area contributed by atoms with Gasteiger partial charge in [0.25, 0.3) is 0 Å². The molecule has 1 aliphatic rings. The van der Waals surface area contributed by atoms with E-state index in [4.69, 9.17) is 0 Å². The summed E-state index contributed by atoms with van der Waals surface area (Å²) in [6, 6.07) is 7.46. The molecule has 0 amide bonds. The minimum absolute atomic E-state index is 0.0608. The smallest absolute Gasteiger partial charge is 0.371 e. The van der Waals surface area contributed by atoms with Gasteiger partial charge >= 0.3 is 6.18 Å². The Balaban J connectivity index is 1.67. The Morgan fingerprint density at radius 2 is 1.79 bits per heavy atom. The van der Waals surface area contributed by atoms with Crippen LogP contribution in [-0.4, -0.2) is 28.1 Å². The number of halogens is 5. The molecule has 0 spiro atoms. The largest absolute Gasteiger partial charge is 0.417 e. The van der Waals surface area contributed by atoms with Gasteiger partial charge in [-0.05, 0) is 36.6 Å². The van der Waals surface area contributed by atoms with Crippen LogP contribution in [0.4, 0.5) is 27.6 Å². The van der Waals surface area contributed by atoms with Crippen molar-refractivity contribution in [1.29, 1.82) is 0 Å². The Kier molecular flexibility index (Phi) is 5.62. The van der Waals surface area contributed by atoms with E-state index in [0.717, 1.165) is 30.3 Å².